The number of para-hydroxylation sites is 1. The minimum atomic E-state index is -0.138. The number of aromatic amines is 1. The van der Waals surface area contributed by atoms with Gasteiger partial charge < -0.3 is 15.2 Å². The number of H-pyrrole nitrogens is 1. The molecule has 6 heteroatoms. The van der Waals surface area contributed by atoms with E-state index in [2.05, 4.69) is 27.4 Å². The second kappa shape index (κ2) is 10.6. The van der Waals surface area contributed by atoms with Crippen molar-refractivity contribution in [2.75, 3.05) is 6.54 Å². The van der Waals surface area contributed by atoms with E-state index in [4.69, 9.17) is 0 Å². The van der Waals surface area contributed by atoms with Crippen LogP contribution in [0.5, 0.6) is 0 Å². The van der Waals surface area contributed by atoms with E-state index < -0.39 is 0 Å². The van der Waals surface area contributed by atoms with Crippen LogP contribution in [0, 0.1) is 6.92 Å². The number of benzene rings is 2. The fraction of sp³-hybridized carbons (Fsp3) is 0.233. The van der Waals surface area contributed by atoms with Gasteiger partial charge in [-0.15, -0.1) is 0 Å². The van der Waals surface area contributed by atoms with Crippen LogP contribution in [0.1, 0.15) is 39.9 Å². The summed E-state index contributed by atoms with van der Waals surface area (Å²) >= 11 is 0. The predicted molar refractivity (Wildman–Crippen MR) is 142 cm³/mol. The van der Waals surface area contributed by atoms with Gasteiger partial charge in [0.15, 0.2) is 0 Å². The Balaban J connectivity index is 1.20. The molecule has 3 heterocycles. The SMILES string of the molecule is Cc1ncc2c(c1CNC(=O)C=Cc1ccccc1)CCN(C(=O)CCc1c[nH]c3ccccc13)C2. The molecule has 5 rings (SSSR count). The van der Waals surface area contributed by atoms with Gasteiger partial charge in [-0.1, -0.05) is 48.5 Å². The third kappa shape index (κ3) is 5.23. The minimum Gasteiger partial charge on any atom is -0.361 e. The number of hydrogen-bond donors (Lipinski definition) is 2. The number of carbonyl (C=O) groups excluding carboxylic acids is 2. The summed E-state index contributed by atoms with van der Waals surface area (Å²) in [5.41, 5.74) is 7.50. The highest BCUT2D eigenvalue weighted by Crippen LogP contribution is 2.25. The Morgan fingerprint density at radius 1 is 1.11 bits per heavy atom. The van der Waals surface area contributed by atoms with Crippen LogP contribution in [0.15, 0.2) is 73.1 Å². The quantitative estimate of drug-likeness (QED) is 0.378. The van der Waals surface area contributed by atoms with E-state index in [0.29, 0.717) is 32.5 Å². The third-order valence-corrected chi connectivity index (χ3v) is 6.90. The maximum absolute atomic E-state index is 13.0. The number of carbonyl (C=O) groups is 2. The Morgan fingerprint density at radius 2 is 1.92 bits per heavy atom. The molecule has 1 aliphatic rings. The minimum absolute atomic E-state index is 0.138. The number of rotatable bonds is 7. The van der Waals surface area contributed by atoms with E-state index in [1.807, 2.05) is 66.7 Å². The topological polar surface area (TPSA) is 78.1 Å². The molecule has 0 spiro atoms. The first kappa shape index (κ1) is 23.5. The third-order valence-electron chi connectivity index (χ3n) is 6.90. The second-order valence-electron chi connectivity index (χ2n) is 9.21. The zero-order valence-electron chi connectivity index (χ0n) is 20.5. The summed E-state index contributed by atoms with van der Waals surface area (Å²) in [6, 6.07) is 17.9. The lowest BCUT2D eigenvalue weighted by atomic mass is 9.94. The van der Waals surface area contributed by atoms with Crippen molar-refractivity contribution in [1.29, 1.82) is 0 Å². The van der Waals surface area contributed by atoms with Crippen LogP contribution >= 0.6 is 0 Å². The van der Waals surface area contributed by atoms with Gasteiger partial charge in [-0.25, -0.2) is 0 Å². The molecule has 1 aliphatic heterocycles. The first-order chi connectivity index (χ1) is 17.6. The first-order valence-electron chi connectivity index (χ1n) is 12.4. The van der Waals surface area contributed by atoms with Crippen LogP contribution < -0.4 is 5.32 Å². The van der Waals surface area contributed by atoms with Crippen molar-refractivity contribution in [3.05, 3.63) is 107 Å². The smallest absolute Gasteiger partial charge is 0.244 e. The molecule has 182 valence electrons. The number of nitrogens with one attached hydrogen (secondary N) is 2. The van der Waals surface area contributed by atoms with E-state index in [-0.39, 0.29) is 11.8 Å². The summed E-state index contributed by atoms with van der Waals surface area (Å²) in [6.07, 6.45) is 9.21. The molecule has 0 saturated carbocycles. The van der Waals surface area contributed by atoms with Gasteiger partial charge in [0.2, 0.25) is 11.8 Å². The van der Waals surface area contributed by atoms with Crippen molar-refractivity contribution < 1.29 is 9.59 Å². The lowest BCUT2D eigenvalue weighted by Crippen LogP contribution is -2.37. The van der Waals surface area contributed by atoms with E-state index >= 15 is 0 Å². The van der Waals surface area contributed by atoms with Crippen molar-refractivity contribution in [2.45, 2.75) is 39.3 Å². The predicted octanol–water partition coefficient (Wildman–Crippen LogP) is 4.72. The van der Waals surface area contributed by atoms with Crippen LogP contribution in [-0.2, 0) is 35.5 Å². The molecule has 2 N–H and O–H groups in total. The monoisotopic (exact) mass is 478 g/mol. The van der Waals surface area contributed by atoms with Gasteiger partial charge in [0.05, 0.1) is 0 Å². The van der Waals surface area contributed by atoms with Crippen LogP contribution in [0.2, 0.25) is 0 Å². The maximum atomic E-state index is 13.0. The number of nitrogens with zero attached hydrogens (tertiary/aromatic N) is 2. The number of pyridine rings is 1. The van der Waals surface area contributed by atoms with Crippen molar-refractivity contribution in [3.63, 3.8) is 0 Å². The molecule has 0 bridgehead atoms. The molecule has 0 atom stereocenters. The molecule has 4 aromatic rings. The number of hydrogen-bond acceptors (Lipinski definition) is 3. The summed E-state index contributed by atoms with van der Waals surface area (Å²) in [7, 11) is 0. The Labute approximate surface area is 211 Å². The molecule has 0 fully saturated rings. The molecule has 0 saturated heterocycles. The summed E-state index contributed by atoms with van der Waals surface area (Å²) in [4.78, 5) is 35.2. The fourth-order valence-electron chi connectivity index (χ4n) is 4.88. The molecule has 0 unspecified atom stereocenters. The Kier molecular flexibility index (Phi) is 6.94. The highest BCUT2D eigenvalue weighted by atomic mass is 16.2. The molecule has 2 amide bonds. The van der Waals surface area contributed by atoms with E-state index in [1.165, 1.54) is 16.5 Å². The van der Waals surface area contributed by atoms with Crippen LogP contribution in [-0.4, -0.2) is 33.2 Å². The van der Waals surface area contributed by atoms with Crippen molar-refractivity contribution >= 4 is 28.8 Å². The van der Waals surface area contributed by atoms with Gasteiger partial charge in [0.25, 0.3) is 0 Å². The highest BCUT2D eigenvalue weighted by Gasteiger charge is 2.24. The molecule has 0 aliphatic carbocycles. The average Bonchev–Trinajstić information content (AvgIpc) is 3.33. The fourth-order valence-corrected chi connectivity index (χ4v) is 4.88. The number of amides is 2. The molecular formula is C30H30N4O2. The zero-order valence-corrected chi connectivity index (χ0v) is 20.5. The molecule has 6 nitrogen and oxygen atoms in total. The second-order valence-corrected chi connectivity index (χ2v) is 9.21. The zero-order chi connectivity index (χ0) is 24.9. The summed E-state index contributed by atoms with van der Waals surface area (Å²) in [6.45, 7) is 3.64. The van der Waals surface area contributed by atoms with Gasteiger partial charge in [-0.2, -0.15) is 0 Å². The molecule has 2 aromatic carbocycles. The summed E-state index contributed by atoms with van der Waals surface area (Å²) in [5, 5.41) is 4.18. The van der Waals surface area contributed by atoms with Gasteiger partial charge >= 0.3 is 0 Å². The number of aryl methyl sites for hydroxylation is 2. The van der Waals surface area contributed by atoms with Gasteiger partial charge in [-0.05, 0) is 59.7 Å². The molecule has 2 aromatic heterocycles. The van der Waals surface area contributed by atoms with Crippen molar-refractivity contribution in [3.8, 4) is 0 Å². The van der Waals surface area contributed by atoms with Gasteiger partial charge in [-0.3, -0.25) is 14.6 Å². The molecular weight excluding hydrogens is 448 g/mol. The van der Waals surface area contributed by atoms with Crippen molar-refractivity contribution in [1.82, 2.24) is 20.2 Å². The first-order valence-corrected chi connectivity index (χ1v) is 12.4. The maximum Gasteiger partial charge on any atom is 0.244 e. The lowest BCUT2D eigenvalue weighted by Gasteiger charge is -2.30. The molecule has 36 heavy (non-hydrogen) atoms. The number of fused-ring (bicyclic) bond motifs is 2. The van der Waals surface area contributed by atoms with Crippen LogP contribution in [0.3, 0.4) is 0 Å². The summed E-state index contributed by atoms with van der Waals surface area (Å²) in [5.74, 6) is 0.0214. The molecule has 0 radical (unpaired) electrons. The summed E-state index contributed by atoms with van der Waals surface area (Å²) < 4.78 is 0. The van der Waals surface area contributed by atoms with Crippen molar-refractivity contribution in [2.24, 2.45) is 0 Å². The Bertz CT molecular complexity index is 1420. The van der Waals surface area contributed by atoms with Gasteiger partial charge in [0.1, 0.15) is 0 Å². The normalized spacial score (nSPS) is 13.2. The van der Waals surface area contributed by atoms with Gasteiger partial charge in [0, 0.05) is 61.1 Å². The highest BCUT2D eigenvalue weighted by molar-refractivity contribution is 5.91. The van der Waals surface area contributed by atoms with E-state index in [0.717, 1.165) is 34.3 Å². The average molecular weight is 479 g/mol. The standard InChI is InChI=1S/C30H30N4O2/c1-21-27(19-33-29(35)13-11-22-7-3-2-4-8-22)25-15-16-34(20-24(25)18-31-21)30(36)14-12-23-17-32-28-10-6-5-9-26(23)28/h2-11,13,17-18,32H,12,14-16,19-20H2,1H3,(H,33,35). The van der Waals surface area contributed by atoms with E-state index in [1.54, 1.807) is 12.2 Å². The number of aromatic nitrogens is 2. The largest absolute Gasteiger partial charge is 0.361 e. The van der Waals surface area contributed by atoms with E-state index in [9.17, 15) is 9.59 Å². The van der Waals surface area contributed by atoms with Crippen LogP contribution in [0.25, 0.3) is 17.0 Å². The lowest BCUT2D eigenvalue weighted by molar-refractivity contribution is -0.132. The van der Waals surface area contributed by atoms with Crippen LogP contribution in [0.4, 0.5) is 0 Å². The Hall–Kier alpha value is -4.19. The Morgan fingerprint density at radius 3 is 2.78 bits per heavy atom.